The van der Waals surface area contributed by atoms with Crippen molar-refractivity contribution in [3.05, 3.63) is 66.3 Å². The Kier molecular flexibility index (Phi) is 4.39. The molecule has 0 saturated carbocycles. The smallest absolute Gasteiger partial charge is 0.158 e. The Bertz CT molecular complexity index is 1470. The fourth-order valence-electron chi connectivity index (χ4n) is 3.63. The van der Waals surface area contributed by atoms with Crippen molar-refractivity contribution in [2.24, 2.45) is 0 Å². The van der Waals surface area contributed by atoms with E-state index in [0.717, 1.165) is 34.6 Å². The summed E-state index contributed by atoms with van der Waals surface area (Å²) in [6, 6.07) is 13.0. The lowest BCUT2D eigenvalue weighted by atomic mass is 10.1. The fourth-order valence-corrected chi connectivity index (χ4v) is 3.85. The average molecular weight is 446 g/mol. The van der Waals surface area contributed by atoms with E-state index in [0.29, 0.717) is 34.6 Å². The Labute approximate surface area is 187 Å². The summed E-state index contributed by atoms with van der Waals surface area (Å²) in [5, 5.41) is 12.0. The minimum absolute atomic E-state index is 0.453. The summed E-state index contributed by atoms with van der Waals surface area (Å²) in [5.41, 5.74) is 3.16. The first kappa shape index (κ1) is 18.6. The highest BCUT2D eigenvalue weighted by molar-refractivity contribution is 6.32. The van der Waals surface area contributed by atoms with Gasteiger partial charge in [-0.15, -0.1) is 0 Å². The van der Waals surface area contributed by atoms with E-state index in [1.54, 1.807) is 35.0 Å². The third-order valence-corrected chi connectivity index (χ3v) is 5.39. The van der Waals surface area contributed by atoms with Crippen LogP contribution in [0.4, 0.5) is 17.2 Å². The second kappa shape index (κ2) is 7.54. The first-order valence-electron chi connectivity index (χ1n) is 9.93. The van der Waals surface area contributed by atoms with Crippen LogP contribution in [0.3, 0.4) is 0 Å². The number of nitrogens with zero attached hydrogens (tertiary/aromatic N) is 5. The van der Waals surface area contributed by atoms with Gasteiger partial charge in [-0.2, -0.15) is 5.10 Å². The monoisotopic (exact) mass is 445 g/mol. The Morgan fingerprint density at radius 2 is 2.03 bits per heavy atom. The molecule has 0 saturated heterocycles. The van der Waals surface area contributed by atoms with Gasteiger partial charge in [0.05, 0.1) is 21.6 Å². The summed E-state index contributed by atoms with van der Waals surface area (Å²) >= 11 is 6.51. The van der Waals surface area contributed by atoms with E-state index in [9.17, 15) is 0 Å². The van der Waals surface area contributed by atoms with Crippen molar-refractivity contribution in [1.82, 2.24) is 24.6 Å². The number of ether oxygens (including phenoxy) is 2. The summed E-state index contributed by atoms with van der Waals surface area (Å²) in [5.74, 6) is 2.52. The van der Waals surface area contributed by atoms with Crippen molar-refractivity contribution < 1.29 is 9.47 Å². The van der Waals surface area contributed by atoms with Gasteiger partial charge in [0.25, 0.3) is 0 Å². The van der Waals surface area contributed by atoms with E-state index in [-0.39, 0.29) is 0 Å². The van der Waals surface area contributed by atoms with Crippen molar-refractivity contribution in [3.8, 4) is 17.2 Å². The predicted molar refractivity (Wildman–Crippen MR) is 121 cm³/mol. The number of rotatable bonds is 4. The van der Waals surface area contributed by atoms with Gasteiger partial charge in [0.1, 0.15) is 36.6 Å². The van der Waals surface area contributed by atoms with Crippen molar-refractivity contribution in [2.45, 2.75) is 0 Å². The number of halogens is 1. The molecule has 9 nitrogen and oxygen atoms in total. The number of benzene rings is 2. The lowest BCUT2D eigenvalue weighted by Crippen LogP contribution is -2.18. The van der Waals surface area contributed by atoms with Crippen LogP contribution in [0.15, 0.2) is 61.3 Å². The Morgan fingerprint density at radius 3 is 2.97 bits per heavy atom. The summed E-state index contributed by atoms with van der Waals surface area (Å²) in [6.07, 6.45) is 4.79. The lowest BCUT2D eigenvalue weighted by molar-refractivity contribution is 0.327. The standard InChI is InChI=1S/C22H16ClN7O2/c23-15-9-13(1-4-18(15)32-14-5-7-30-19(10-14)26-12-28-30)29-22-20-16(25-11-27-22)2-3-17-21(20)31-8-6-24-17/h1-5,7,9-12,24H,6,8H2,(H,25,27,29). The zero-order chi connectivity index (χ0) is 21.5. The van der Waals surface area contributed by atoms with Crippen LogP contribution in [0.5, 0.6) is 17.2 Å². The van der Waals surface area contributed by atoms with Crippen molar-refractivity contribution >= 4 is 45.3 Å². The molecule has 1 aliphatic heterocycles. The molecule has 0 fully saturated rings. The highest BCUT2D eigenvalue weighted by Gasteiger charge is 2.18. The van der Waals surface area contributed by atoms with Gasteiger partial charge in [-0.3, -0.25) is 0 Å². The van der Waals surface area contributed by atoms with Gasteiger partial charge >= 0.3 is 0 Å². The molecule has 32 heavy (non-hydrogen) atoms. The Balaban J connectivity index is 1.31. The number of nitrogens with one attached hydrogen (secondary N) is 2. The van der Waals surface area contributed by atoms with Gasteiger partial charge in [0.2, 0.25) is 0 Å². The minimum atomic E-state index is 0.453. The van der Waals surface area contributed by atoms with Gasteiger partial charge < -0.3 is 20.1 Å². The molecule has 6 rings (SSSR count). The molecular weight excluding hydrogens is 430 g/mol. The predicted octanol–water partition coefficient (Wildman–Crippen LogP) is 4.67. The molecule has 0 radical (unpaired) electrons. The maximum Gasteiger partial charge on any atom is 0.158 e. The highest BCUT2D eigenvalue weighted by Crippen LogP contribution is 2.39. The zero-order valence-electron chi connectivity index (χ0n) is 16.6. The van der Waals surface area contributed by atoms with Crippen LogP contribution >= 0.6 is 11.6 Å². The van der Waals surface area contributed by atoms with Crippen LogP contribution in [0.25, 0.3) is 16.6 Å². The number of aromatic nitrogens is 5. The van der Waals surface area contributed by atoms with Crippen molar-refractivity contribution in [1.29, 1.82) is 0 Å². The second-order valence-corrected chi connectivity index (χ2v) is 7.54. The second-order valence-electron chi connectivity index (χ2n) is 7.13. The molecule has 158 valence electrons. The summed E-state index contributed by atoms with van der Waals surface area (Å²) in [4.78, 5) is 13.0. The Morgan fingerprint density at radius 1 is 1.06 bits per heavy atom. The fraction of sp³-hybridized carbons (Fsp3) is 0.0909. The molecule has 3 aromatic heterocycles. The van der Waals surface area contributed by atoms with Crippen LogP contribution in [0.2, 0.25) is 5.02 Å². The minimum Gasteiger partial charge on any atom is -0.489 e. The van der Waals surface area contributed by atoms with Crippen LogP contribution in [-0.4, -0.2) is 37.7 Å². The molecule has 0 unspecified atom stereocenters. The van der Waals surface area contributed by atoms with Crippen LogP contribution in [0.1, 0.15) is 0 Å². The molecule has 0 spiro atoms. The largest absolute Gasteiger partial charge is 0.489 e. The average Bonchev–Trinajstić information content (AvgIpc) is 3.29. The molecule has 1 aliphatic rings. The quantitative estimate of drug-likeness (QED) is 0.412. The van der Waals surface area contributed by atoms with Gasteiger partial charge in [-0.05, 0) is 36.4 Å². The number of hydrogen-bond acceptors (Lipinski definition) is 8. The molecule has 0 amide bonds. The van der Waals surface area contributed by atoms with Crippen LogP contribution < -0.4 is 20.1 Å². The normalized spacial score (nSPS) is 12.8. The summed E-state index contributed by atoms with van der Waals surface area (Å²) in [6.45, 7) is 1.34. The van der Waals surface area contributed by atoms with Crippen LogP contribution in [-0.2, 0) is 0 Å². The van der Waals surface area contributed by atoms with Gasteiger partial charge in [0, 0.05) is 24.5 Å². The topological polar surface area (TPSA) is 98.5 Å². The van der Waals surface area contributed by atoms with E-state index in [4.69, 9.17) is 21.1 Å². The number of anilines is 3. The van der Waals surface area contributed by atoms with Gasteiger partial charge in [0.15, 0.2) is 11.4 Å². The number of fused-ring (bicyclic) bond motifs is 4. The molecule has 2 aromatic carbocycles. The summed E-state index contributed by atoms with van der Waals surface area (Å²) < 4.78 is 13.5. The third kappa shape index (κ3) is 3.28. The van der Waals surface area contributed by atoms with Crippen molar-refractivity contribution in [2.75, 3.05) is 23.8 Å². The first-order valence-corrected chi connectivity index (χ1v) is 10.3. The van der Waals surface area contributed by atoms with E-state index >= 15 is 0 Å². The lowest BCUT2D eigenvalue weighted by Gasteiger charge is -2.21. The van der Waals surface area contributed by atoms with E-state index in [2.05, 4.69) is 30.7 Å². The molecule has 0 bridgehead atoms. The van der Waals surface area contributed by atoms with Crippen LogP contribution in [0, 0.1) is 0 Å². The van der Waals surface area contributed by atoms with E-state index < -0.39 is 0 Å². The SMILES string of the molecule is Clc1cc(Nc2ncnc3ccc4c(c23)OCCN4)ccc1Oc1ccn2ncnc2c1. The molecule has 5 aromatic rings. The Hall–Kier alpha value is -4.11. The molecule has 0 atom stereocenters. The van der Waals surface area contributed by atoms with Gasteiger partial charge in [-0.1, -0.05) is 11.6 Å². The molecule has 10 heteroatoms. The number of hydrogen-bond donors (Lipinski definition) is 2. The molecule has 4 heterocycles. The highest BCUT2D eigenvalue weighted by atomic mass is 35.5. The van der Waals surface area contributed by atoms with E-state index in [1.807, 2.05) is 18.2 Å². The maximum absolute atomic E-state index is 6.51. The van der Waals surface area contributed by atoms with Gasteiger partial charge in [-0.25, -0.2) is 19.5 Å². The maximum atomic E-state index is 6.51. The molecular formula is C22H16ClN7O2. The first-order chi connectivity index (χ1) is 15.7. The van der Waals surface area contributed by atoms with Crippen molar-refractivity contribution in [3.63, 3.8) is 0 Å². The van der Waals surface area contributed by atoms with E-state index in [1.165, 1.54) is 12.7 Å². The molecule has 2 N–H and O–H groups in total. The summed E-state index contributed by atoms with van der Waals surface area (Å²) in [7, 11) is 0. The third-order valence-electron chi connectivity index (χ3n) is 5.09. The molecule has 0 aliphatic carbocycles. The zero-order valence-corrected chi connectivity index (χ0v) is 17.4. The number of pyridine rings is 1.